The van der Waals surface area contributed by atoms with Crippen molar-refractivity contribution in [3.05, 3.63) is 12.3 Å². The lowest BCUT2D eigenvalue weighted by Crippen LogP contribution is -2.40. The van der Waals surface area contributed by atoms with E-state index in [0.717, 1.165) is 12.8 Å². The average molecular weight is 474 g/mol. The third-order valence-electron chi connectivity index (χ3n) is 6.46. The molecule has 194 valence electrons. The van der Waals surface area contributed by atoms with Gasteiger partial charge < -0.3 is 29.0 Å². The zero-order valence-electron chi connectivity index (χ0n) is 22.0. The second-order valence-electron chi connectivity index (χ2n) is 9.01. The number of rotatable bonds is 18. The number of amides is 1. The molecule has 0 aromatic carbocycles. The quantitative estimate of drug-likeness (QED) is 0.241. The van der Waals surface area contributed by atoms with Crippen LogP contribution in [0.2, 0.25) is 0 Å². The lowest BCUT2D eigenvalue weighted by atomic mass is 9.84. The maximum absolute atomic E-state index is 12.5. The van der Waals surface area contributed by atoms with E-state index >= 15 is 0 Å². The molecule has 0 aliphatic carbocycles. The van der Waals surface area contributed by atoms with Gasteiger partial charge in [-0.1, -0.05) is 33.8 Å². The maximum Gasteiger partial charge on any atom is 0.335 e. The first kappa shape index (κ1) is 31.5. The molecule has 0 saturated carbocycles. The molecule has 0 aliphatic rings. The molecule has 0 aliphatic heterocycles. The molecule has 0 bridgehead atoms. The van der Waals surface area contributed by atoms with Gasteiger partial charge in [-0.2, -0.15) is 0 Å². The van der Waals surface area contributed by atoms with Crippen LogP contribution in [0.25, 0.3) is 0 Å². The van der Waals surface area contributed by atoms with Crippen molar-refractivity contribution >= 4 is 12.4 Å². The van der Waals surface area contributed by atoms with Crippen LogP contribution in [0.5, 0.6) is 0 Å². The molecule has 8 heteroatoms. The van der Waals surface area contributed by atoms with Gasteiger partial charge >= 0.3 is 5.97 Å². The predicted molar refractivity (Wildman–Crippen MR) is 129 cm³/mol. The van der Waals surface area contributed by atoms with Gasteiger partial charge in [0.05, 0.1) is 18.3 Å². The fourth-order valence-corrected chi connectivity index (χ4v) is 3.91. The van der Waals surface area contributed by atoms with Gasteiger partial charge in [0.1, 0.15) is 6.10 Å². The number of carbonyl (C=O) groups is 2. The lowest BCUT2D eigenvalue weighted by Gasteiger charge is -2.34. The van der Waals surface area contributed by atoms with Crippen molar-refractivity contribution in [2.45, 2.75) is 90.8 Å². The van der Waals surface area contributed by atoms with Gasteiger partial charge in [-0.25, -0.2) is 4.79 Å². The van der Waals surface area contributed by atoms with Crippen LogP contribution >= 0.6 is 0 Å². The molecule has 8 nitrogen and oxygen atoms in total. The number of esters is 1. The van der Waals surface area contributed by atoms with Crippen molar-refractivity contribution in [2.75, 3.05) is 28.4 Å². The molecule has 0 fully saturated rings. The average Bonchev–Trinajstić information content (AvgIpc) is 2.82. The van der Waals surface area contributed by atoms with Crippen LogP contribution < -0.4 is 0 Å². The number of nitrogens with zero attached hydrogens (tertiary/aromatic N) is 1. The molecule has 1 amide bonds. The Hall–Kier alpha value is -1.48. The Morgan fingerprint density at radius 3 is 2.12 bits per heavy atom. The topological polar surface area (TPSA) is 94.5 Å². The highest BCUT2D eigenvalue weighted by atomic mass is 16.6. The zero-order chi connectivity index (χ0) is 25.6. The summed E-state index contributed by atoms with van der Waals surface area (Å²) in [4.78, 5) is 24.8. The van der Waals surface area contributed by atoms with Gasteiger partial charge in [0.2, 0.25) is 6.41 Å². The number of hydrogen-bond donors (Lipinski definition) is 1. The lowest BCUT2D eigenvalue weighted by molar-refractivity contribution is -0.166. The highest BCUT2D eigenvalue weighted by Crippen LogP contribution is 2.28. The highest BCUT2D eigenvalue weighted by molar-refractivity contribution is 5.74. The van der Waals surface area contributed by atoms with Crippen molar-refractivity contribution < 1.29 is 33.6 Å². The van der Waals surface area contributed by atoms with E-state index in [9.17, 15) is 14.7 Å². The van der Waals surface area contributed by atoms with Crippen LogP contribution in [0.4, 0.5) is 0 Å². The van der Waals surface area contributed by atoms with Gasteiger partial charge in [0, 0.05) is 46.4 Å². The van der Waals surface area contributed by atoms with Crippen LogP contribution in [-0.2, 0) is 28.5 Å². The number of carbonyl (C=O) groups excluding carboxylic acids is 2. The molecule has 0 rings (SSSR count). The van der Waals surface area contributed by atoms with Crippen molar-refractivity contribution in [2.24, 2.45) is 17.8 Å². The Labute approximate surface area is 200 Å². The van der Waals surface area contributed by atoms with Gasteiger partial charge in [-0.15, -0.1) is 0 Å². The summed E-state index contributed by atoms with van der Waals surface area (Å²) in [6.45, 7) is 9.72. The summed E-state index contributed by atoms with van der Waals surface area (Å²) in [6, 6.07) is 0. The second kappa shape index (κ2) is 17.0. The zero-order valence-corrected chi connectivity index (χ0v) is 22.0. The van der Waals surface area contributed by atoms with Gasteiger partial charge in [0.25, 0.3) is 0 Å². The van der Waals surface area contributed by atoms with Gasteiger partial charge in [-0.3, -0.25) is 4.79 Å². The first-order chi connectivity index (χ1) is 15.6. The van der Waals surface area contributed by atoms with Crippen LogP contribution in [0.3, 0.4) is 0 Å². The minimum Gasteiger partial charge on any atom is -0.460 e. The molecule has 8 unspecified atom stereocenters. The van der Waals surface area contributed by atoms with E-state index in [1.807, 2.05) is 26.8 Å². The monoisotopic (exact) mass is 473 g/mol. The Morgan fingerprint density at radius 1 is 1.00 bits per heavy atom. The van der Waals surface area contributed by atoms with E-state index in [0.29, 0.717) is 19.3 Å². The third-order valence-corrected chi connectivity index (χ3v) is 6.46. The summed E-state index contributed by atoms with van der Waals surface area (Å²) in [6.07, 6.45) is 5.21. The van der Waals surface area contributed by atoms with Crippen LogP contribution in [0.15, 0.2) is 12.3 Å². The summed E-state index contributed by atoms with van der Waals surface area (Å²) in [5.74, 6) is -0.370. The molecule has 1 N–H and O–H groups in total. The summed E-state index contributed by atoms with van der Waals surface area (Å²) in [5, 5.41) is 10.0. The van der Waals surface area contributed by atoms with Gasteiger partial charge in [-0.05, 0) is 38.5 Å². The maximum atomic E-state index is 12.5. The molecule has 0 radical (unpaired) electrons. The van der Waals surface area contributed by atoms with Crippen LogP contribution in [0, 0.1) is 17.8 Å². The molecule has 33 heavy (non-hydrogen) atoms. The Bertz CT molecular complexity index is 571. The Morgan fingerprint density at radius 2 is 1.64 bits per heavy atom. The summed E-state index contributed by atoms with van der Waals surface area (Å²) >= 11 is 0. The van der Waals surface area contributed by atoms with E-state index in [4.69, 9.17) is 18.9 Å². The van der Waals surface area contributed by atoms with Gasteiger partial charge in [0.15, 0.2) is 6.10 Å². The van der Waals surface area contributed by atoms with E-state index < -0.39 is 24.3 Å². The summed E-state index contributed by atoms with van der Waals surface area (Å²) < 4.78 is 22.4. The van der Waals surface area contributed by atoms with E-state index in [1.165, 1.54) is 12.0 Å². The number of aliphatic hydroxyl groups is 1. The predicted octanol–water partition coefficient (Wildman–Crippen LogP) is 3.41. The number of ether oxygens (including phenoxy) is 4. The molecule has 8 atom stereocenters. The van der Waals surface area contributed by atoms with Crippen LogP contribution in [-0.4, -0.2) is 81.3 Å². The third kappa shape index (κ3) is 11.5. The number of hydrogen-bond acceptors (Lipinski definition) is 7. The minimum atomic E-state index is -0.664. The largest absolute Gasteiger partial charge is 0.460 e. The Kier molecular flexibility index (Phi) is 16.3. The first-order valence-corrected chi connectivity index (χ1v) is 11.9. The minimum absolute atomic E-state index is 0.0164. The van der Waals surface area contributed by atoms with Crippen molar-refractivity contribution in [3.8, 4) is 0 Å². The van der Waals surface area contributed by atoms with E-state index in [-0.39, 0.29) is 30.0 Å². The number of aliphatic hydroxyl groups excluding tert-OH is 1. The molecule has 0 heterocycles. The van der Waals surface area contributed by atoms with Crippen LogP contribution in [0.1, 0.15) is 60.3 Å². The Balaban J connectivity index is 5.50. The molecule has 0 saturated heterocycles. The normalized spacial score (nSPS) is 19.2. The van der Waals surface area contributed by atoms with Crippen molar-refractivity contribution in [1.82, 2.24) is 4.90 Å². The molecular weight excluding hydrogens is 426 g/mol. The fourth-order valence-electron chi connectivity index (χ4n) is 3.91. The van der Waals surface area contributed by atoms with Crippen molar-refractivity contribution in [1.29, 1.82) is 0 Å². The standard InChI is InChI=1S/C25H47NO7/c1-10-21(28)15-23(31-8)17(2)11-12-22(33-25(29)20(5)30-7)19(4)24(32-9)18(3)13-14-26(6)16-27/h13-14,16-24,28H,10-12,15H2,1-9H3. The highest BCUT2D eigenvalue weighted by Gasteiger charge is 2.33. The molecular formula is C25H47NO7. The smallest absolute Gasteiger partial charge is 0.335 e. The summed E-state index contributed by atoms with van der Waals surface area (Å²) in [7, 11) is 6.45. The fraction of sp³-hybridized carbons (Fsp3) is 0.840. The summed E-state index contributed by atoms with van der Waals surface area (Å²) in [5.41, 5.74) is 0. The number of methoxy groups -OCH3 is 3. The SMILES string of the molecule is CCC(O)CC(OC)C(C)CCC(OC(=O)C(C)OC)C(C)C(OC)C(C)C=CN(C)C=O. The van der Waals surface area contributed by atoms with Crippen molar-refractivity contribution in [3.63, 3.8) is 0 Å². The van der Waals surface area contributed by atoms with E-state index in [1.54, 1.807) is 34.4 Å². The molecule has 0 spiro atoms. The van der Waals surface area contributed by atoms with E-state index in [2.05, 4.69) is 6.92 Å². The molecule has 0 aromatic heterocycles. The second-order valence-corrected chi connectivity index (χ2v) is 9.01. The first-order valence-electron chi connectivity index (χ1n) is 11.9. The molecule has 0 aromatic rings.